The topological polar surface area (TPSA) is 38.5 Å². The first-order chi connectivity index (χ1) is 12.1. The van der Waals surface area contributed by atoms with Crippen molar-refractivity contribution < 1.29 is 9.13 Å². The Hall–Kier alpha value is -2.56. The molecule has 2 aliphatic heterocycles. The number of hydrogen-bond acceptors (Lipinski definition) is 2. The first-order valence-electron chi connectivity index (χ1n) is 9.10. The van der Waals surface area contributed by atoms with Gasteiger partial charge in [-0.1, -0.05) is 13.8 Å². The summed E-state index contributed by atoms with van der Waals surface area (Å²) in [4.78, 5) is 4.64. The van der Waals surface area contributed by atoms with Crippen LogP contribution in [0.25, 0.3) is 22.9 Å². The molecule has 5 heteroatoms. The molecule has 25 heavy (non-hydrogen) atoms. The van der Waals surface area contributed by atoms with E-state index in [0.717, 1.165) is 24.4 Å². The average molecular weight is 333 g/mol. The molecule has 0 aromatic carbocycles. The van der Waals surface area contributed by atoms with Gasteiger partial charge in [0.2, 0.25) is 5.82 Å². The molecule has 0 N–H and O–H groups in total. The molecule has 0 aliphatic carbocycles. The van der Waals surface area contributed by atoms with E-state index in [1.807, 2.05) is 0 Å². The summed E-state index contributed by atoms with van der Waals surface area (Å²) in [6.45, 7) is 8.85. The molecule has 0 amide bonds. The summed E-state index contributed by atoms with van der Waals surface area (Å²) in [5.41, 5.74) is 6.16. The molecule has 1 atom stereocenters. The molecule has 0 saturated heterocycles. The Morgan fingerprint density at radius 1 is 1.04 bits per heavy atom. The number of fused-ring (bicyclic) bond motifs is 5. The van der Waals surface area contributed by atoms with Crippen molar-refractivity contribution in [3.63, 3.8) is 0 Å². The third-order valence-corrected chi connectivity index (χ3v) is 6.06. The summed E-state index contributed by atoms with van der Waals surface area (Å²) >= 11 is 0. The van der Waals surface area contributed by atoms with Gasteiger partial charge in [0, 0.05) is 24.3 Å². The quantitative estimate of drug-likeness (QED) is 0.676. The fraction of sp³-hybridized carbons (Fsp3) is 0.400. The SMILES string of the molecule is CCC1(CC)C2[n+]3ccc(C)cc3-c3cc(C)cc([n+]32)-c2ncnn21. The Morgan fingerprint density at radius 2 is 1.76 bits per heavy atom. The zero-order chi connectivity index (χ0) is 17.3. The first-order valence-corrected chi connectivity index (χ1v) is 9.10. The Bertz CT molecular complexity index is 1010. The smallest absolute Gasteiger partial charge is 0.220 e. The molecule has 2 aliphatic rings. The van der Waals surface area contributed by atoms with Crippen LogP contribution in [-0.4, -0.2) is 14.8 Å². The van der Waals surface area contributed by atoms with E-state index in [2.05, 4.69) is 82.1 Å². The van der Waals surface area contributed by atoms with Gasteiger partial charge in [0.1, 0.15) is 6.33 Å². The molecule has 0 bridgehead atoms. The van der Waals surface area contributed by atoms with E-state index in [0.29, 0.717) is 0 Å². The maximum absolute atomic E-state index is 4.67. The van der Waals surface area contributed by atoms with Crippen molar-refractivity contribution in [2.75, 3.05) is 0 Å². The highest BCUT2D eigenvalue weighted by Crippen LogP contribution is 2.43. The predicted molar refractivity (Wildman–Crippen MR) is 93.7 cm³/mol. The molecular formula is C20H23N5+2. The van der Waals surface area contributed by atoms with Gasteiger partial charge in [-0.3, -0.25) is 0 Å². The molecular weight excluding hydrogens is 310 g/mol. The Balaban J connectivity index is 1.96. The van der Waals surface area contributed by atoms with Gasteiger partial charge in [-0.25, -0.2) is 9.67 Å². The van der Waals surface area contributed by atoms with Gasteiger partial charge in [0.25, 0.3) is 17.1 Å². The van der Waals surface area contributed by atoms with Gasteiger partial charge in [0.15, 0.2) is 11.7 Å². The number of hydrogen-bond donors (Lipinski definition) is 0. The van der Waals surface area contributed by atoms with Crippen LogP contribution in [0.2, 0.25) is 0 Å². The summed E-state index contributed by atoms with van der Waals surface area (Å²) in [6.07, 6.45) is 6.14. The molecule has 3 aromatic rings. The zero-order valence-electron chi connectivity index (χ0n) is 15.2. The van der Waals surface area contributed by atoms with Crippen LogP contribution in [0.3, 0.4) is 0 Å². The highest BCUT2D eigenvalue weighted by atomic mass is 15.5. The lowest BCUT2D eigenvalue weighted by Crippen LogP contribution is -2.67. The molecule has 0 fully saturated rings. The van der Waals surface area contributed by atoms with Gasteiger partial charge in [-0.2, -0.15) is 5.10 Å². The molecule has 5 nitrogen and oxygen atoms in total. The Morgan fingerprint density at radius 3 is 2.52 bits per heavy atom. The number of pyridine rings is 2. The van der Waals surface area contributed by atoms with Crippen molar-refractivity contribution in [1.29, 1.82) is 0 Å². The summed E-state index contributed by atoms with van der Waals surface area (Å²) in [5, 5.41) is 4.67. The van der Waals surface area contributed by atoms with Gasteiger partial charge >= 0.3 is 6.17 Å². The fourth-order valence-electron chi connectivity index (χ4n) is 4.80. The molecule has 0 radical (unpaired) electrons. The van der Waals surface area contributed by atoms with Crippen molar-refractivity contribution in [3.05, 3.63) is 47.9 Å². The molecule has 0 saturated carbocycles. The van der Waals surface area contributed by atoms with Gasteiger partial charge < -0.3 is 0 Å². The average Bonchev–Trinajstić information content (AvgIpc) is 3.21. The highest BCUT2D eigenvalue weighted by molar-refractivity contribution is 5.57. The fourth-order valence-corrected chi connectivity index (χ4v) is 4.80. The lowest BCUT2D eigenvalue weighted by atomic mass is 9.86. The molecule has 3 aromatic heterocycles. The van der Waals surface area contributed by atoms with E-state index in [1.165, 1.54) is 22.5 Å². The van der Waals surface area contributed by atoms with Crippen molar-refractivity contribution in [1.82, 2.24) is 14.8 Å². The van der Waals surface area contributed by atoms with Gasteiger partial charge in [-0.15, -0.1) is 9.13 Å². The van der Waals surface area contributed by atoms with Crippen molar-refractivity contribution in [2.45, 2.75) is 52.2 Å². The normalized spacial score (nSPS) is 18.6. The second-order valence-corrected chi connectivity index (χ2v) is 7.35. The maximum atomic E-state index is 4.67. The number of rotatable bonds is 2. The van der Waals surface area contributed by atoms with Crippen LogP contribution in [0.1, 0.15) is 44.0 Å². The van der Waals surface area contributed by atoms with E-state index >= 15 is 0 Å². The van der Waals surface area contributed by atoms with Crippen LogP contribution >= 0.6 is 0 Å². The minimum absolute atomic E-state index is 0.112. The van der Waals surface area contributed by atoms with E-state index < -0.39 is 0 Å². The minimum Gasteiger partial charge on any atom is -0.220 e. The second-order valence-electron chi connectivity index (χ2n) is 7.35. The van der Waals surface area contributed by atoms with Crippen molar-refractivity contribution in [2.24, 2.45) is 0 Å². The number of nitrogens with zero attached hydrogens (tertiary/aromatic N) is 5. The molecule has 1 unspecified atom stereocenters. The van der Waals surface area contributed by atoms with Crippen LogP contribution in [0.15, 0.2) is 36.8 Å². The summed E-state index contributed by atoms with van der Waals surface area (Å²) in [5.74, 6) is 0.982. The van der Waals surface area contributed by atoms with E-state index in [1.54, 1.807) is 6.33 Å². The molecule has 5 rings (SSSR count). The van der Waals surface area contributed by atoms with Gasteiger partial charge in [0.05, 0.1) is 0 Å². The van der Waals surface area contributed by atoms with E-state index in [9.17, 15) is 0 Å². The van der Waals surface area contributed by atoms with Crippen LogP contribution in [0, 0.1) is 13.8 Å². The molecule has 126 valence electrons. The second kappa shape index (κ2) is 4.75. The van der Waals surface area contributed by atoms with E-state index in [-0.39, 0.29) is 11.7 Å². The third kappa shape index (κ3) is 1.63. The van der Waals surface area contributed by atoms with Gasteiger partial charge in [-0.05, 0) is 37.8 Å². The van der Waals surface area contributed by atoms with Crippen LogP contribution in [0.5, 0.6) is 0 Å². The Kier molecular flexibility index (Phi) is 2.80. The Labute approximate surface area is 147 Å². The minimum atomic E-state index is -0.112. The lowest BCUT2D eigenvalue weighted by Gasteiger charge is -2.34. The largest absolute Gasteiger partial charge is 0.379 e. The predicted octanol–water partition coefficient (Wildman–Crippen LogP) is 2.69. The zero-order valence-corrected chi connectivity index (χ0v) is 15.2. The number of aromatic nitrogens is 5. The highest BCUT2D eigenvalue weighted by Gasteiger charge is 2.63. The van der Waals surface area contributed by atoms with Crippen LogP contribution < -0.4 is 9.13 Å². The molecule has 0 spiro atoms. The van der Waals surface area contributed by atoms with Crippen molar-refractivity contribution >= 4 is 0 Å². The van der Waals surface area contributed by atoms with Crippen LogP contribution in [0.4, 0.5) is 0 Å². The van der Waals surface area contributed by atoms with Crippen molar-refractivity contribution in [3.8, 4) is 22.9 Å². The first kappa shape index (κ1) is 14.8. The standard InChI is InChI=1S/C20H23N5/c1-5-20(6-2)19-23-8-7-13(3)9-15(23)16-10-14(4)11-17(24(16)19)18-21-12-22-25(18)20/h7-12,19H,5-6H2,1-4H3/q+2. The van der Waals surface area contributed by atoms with E-state index in [4.69, 9.17) is 0 Å². The summed E-state index contributed by atoms with van der Waals surface area (Å²) < 4.78 is 7.10. The number of aryl methyl sites for hydroxylation is 2. The summed E-state index contributed by atoms with van der Waals surface area (Å²) in [7, 11) is 0. The maximum Gasteiger partial charge on any atom is 0.379 e. The molecule has 5 heterocycles. The monoisotopic (exact) mass is 333 g/mol. The third-order valence-electron chi connectivity index (χ3n) is 6.06. The summed E-state index contributed by atoms with van der Waals surface area (Å²) in [6, 6.07) is 9.05. The van der Waals surface area contributed by atoms with Crippen LogP contribution in [-0.2, 0) is 5.54 Å². The lowest BCUT2D eigenvalue weighted by molar-refractivity contribution is -0.921.